The molecule has 2 heterocycles. The van der Waals surface area contributed by atoms with Gasteiger partial charge in [-0.05, 0) is 6.07 Å². The van der Waals surface area contributed by atoms with E-state index in [9.17, 15) is 4.79 Å². The van der Waals surface area contributed by atoms with Crippen LogP contribution in [0.4, 0.5) is 0 Å². The summed E-state index contributed by atoms with van der Waals surface area (Å²) in [5.41, 5.74) is 1.32. The Bertz CT molecular complexity index is 463. The average Bonchev–Trinajstić information content (AvgIpc) is 2.65. The van der Waals surface area contributed by atoms with Crippen molar-refractivity contribution in [3.63, 3.8) is 0 Å². The number of aromatic nitrogens is 4. The van der Waals surface area contributed by atoms with Crippen molar-refractivity contribution in [2.45, 2.75) is 0 Å². The Morgan fingerprint density at radius 3 is 2.93 bits per heavy atom. The summed E-state index contributed by atoms with van der Waals surface area (Å²) in [4.78, 5) is 14.5. The third-order valence-electron chi connectivity index (χ3n) is 1.87. The van der Waals surface area contributed by atoms with E-state index in [-0.39, 0.29) is 0 Å². The van der Waals surface area contributed by atoms with E-state index >= 15 is 0 Å². The Morgan fingerprint density at radius 1 is 1.43 bits per heavy atom. The van der Waals surface area contributed by atoms with Gasteiger partial charge in [0.2, 0.25) is 0 Å². The summed E-state index contributed by atoms with van der Waals surface area (Å²) in [6.07, 6.45) is 5.51. The number of carbonyl (C=O) groups excluding carboxylic acids is 1. The molecule has 2 rings (SSSR count). The molecule has 0 atom stereocenters. The molecule has 0 aliphatic rings. The van der Waals surface area contributed by atoms with Crippen molar-refractivity contribution in [1.29, 1.82) is 0 Å². The number of carbonyl (C=O) groups is 1. The molecule has 0 bridgehead atoms. The SMILES string of the molecule is Cn1cnnc1-c1cncc(C=O)c1. The van der Waals surface area contributed by atoms with Gasteiger partial charge in [-0.25, -0.2) is 0 Å². The average molecular weight is 188 g/mol. The van der Waals surface area contributed by atoms with Gasteiger partial charge in [0.15, 0.2) is 12.1 Å². The number of aryl methyl sites for hydroxylation is 1. The van der Waals surface area contributed by atoms with Crippen LogP contribution in [0.1, 0.15) is 10.4 Å². The minimum absolute atomic E-state index is 0.533. The highest BCUT2D eigenvalue weighted by molar-refractivity contribution is 5.76. The number of aldehydes is 1. The van der Waals surface area contributed by atoms with E-state index in [1.54, 1.807) is 23.2 Å². The van der Waals surface area contributed by atoms with E-state index in [2.05, 4.69) is 15.2 Å². The minimum atomic E-state index is 0.533. The van der Waals surface area contributed by atoms with Crippen molar-refractivity contribution in [3.05, 3.63) is 30.4 Å². The van der Waals surface area contributed by atoms with Crippen LogP contribution in [0.5, 0.6) is 0 Å². The molecule has 0 radical (unpaired) electrons. The summed E-state index contributed by atoms with van der Waals surface area (Å²) in [6, 6.07) is 1.73. The van der Waals surface area contributed by atoms with Gasteiger partial charge in [0, 0.05) is 30.6 Å². The Labute approximate surface area is 80.4 Å². The van der Waals surface area contributed by atoms with Crippen LogP contribution in [0.25, 0.3) is 11.4 Å². The normalized spacial score (nSPS) is 10.1. The predicted octanol–water partition coefficient (Wildman–Crippen LogP) is 0.690. The Hall–Kier alpha value is -2.04. The van der Waals surface area contributed by atoms with Crippen molar-refractivity contribution in [2.75, 3.05) is 0 Å². The lowest BCUT2D eigenvalue weighted by Gasteiger charge is -1.99. The molecule has 0 unspecified atom stereocenters. The summed E-state index contributed by atoms with van der Waals surface area (Å²) >= 11 is 0. The number of hydrogen-bond donors (Lipinski definition) is 0. The molecule has 0 aliphatic carbocycles. The van der Waals surface area contributed by atoms with Crippen molar-refractivity contribution < 1.29 is 4.79 Å². The second-order valence-corrected chi connectivity index (χ2v) is 2.89. The number of hydrogen-bond acceptors (Lipinski definition) is 4. The van der Waals surface area contributed by atoms with Gasteiger partial charge in [-0.1, -0.05) is 0 Å². The maximum absolute atomic E-state index is 10.5. The Balaban J connectivity index is 2.52. The van der Waals surface area contributed by atoms with Gasteiger partial charge in [0.25, 0.3) is 0 Å². The first-order valence-corrected chi connectivity index (χ1v) is 4.06. The molecule has 2 aromatic heterocycles. The van der Waals surface area contributed by atoms with Crippen molar-refractivity contribution >= 4 is 6.29 Å². The molecule has 0 aromatic carbocycles. The fraction of sp³-hybridized carbons (Fsp3) is 0.111. The summed E-state index contributed by atoms with van der Waals surface area (Å²) in [5, 5.41) is 7.67. The third kappa shape index (κ3) is 1.39. The quantitative estimate of drug-likeness (QED) is 0.650. The van der Waals surface area contributed by atoms with Crippen LogP contribution in [0.2, 0.25) is 0 Å². The zero-order chi connectivity index (χ0) is 9.97. The second kappa shape index (κ2) is 3.37. The van der Waals surface area contributed by atoms with E-state index in [1.165, 1.54) is 6.20 Å². The molecule has 5 nitrogen and oxygen atoms in total. The van der Waals surface area contributed by atoms with Gasteiger partial charge in [-0.2, -0.15) is 0 Å². The molecule has 0 N–H and O–H groups in total. The van der Waals surface area contributed by atoms with Gasteiger partial charge >= 0.3 is 0 Å². The van der Waals surface area contributed by atoms with Crippen molar-refractivity contribution in [1.82, 2.24) is 19.7 Å². The van der Waals surface area contributed by atoms with Crippen molar-refractivity contribution in [3.8, 4) is 11.4 Å². The lowest BCUT2D eigenvalue weighted by molar-refractivity contribution is 0.112. The highest BCUT2D eigenvalue weighted by atomic mass is 16.1. The molecule has 70 valence electrons. The number of pyridine rings is 1. The van der Waals surface area contributed by atoms with Crippen LogP contribution in [-0.2, 0) is 7.05 Å². The van der Waals surface area contributed by atoms with Crippen LogP contribution in [-0.4, -0.2) is 26.0 Å². The van der Waals surface area contributed by atoms with Crippen LogP contribution >= 0.6 is 0 Å². The summed E-state index contributed by atoms with van der Waals surface area (Å²) in [5.74, 6) is 0.696. The van der Waals surface area contributed by atoms with Crippen LogP contribution in [0.15, 0.2) is 24.8 Å². The van der Waals surface area contributed by atoms with E-state index in [4.69, 9.17) is 0 Å². The van der Waals surface area contributed by atoms with Gasteiger partial charge in [-0.15, -0.1) is 10.2 Å². The van der Waals surface area contributed by atoms with Crippen LogP contribution in [0, 0.1) is 0 Å². The van der Waals surface area contributed by atoms with Gasteiger partial charge in [0.1, 0.15) is 6.33 Å². The van der Waals surface area contributed by atoms with Crippen LogP contribution < -0.4 is 0 Å². The molecule has 0 aliphatic heterocycles. The summed E-state index contributed by atoms with van der Waals surface area (Å²) in [7, 11) is 1.84. The highest BCUT2D eigenvalue weighted by Crippen LogP contribution is 2.14. The summed E-state index contributed by atoms with van der Waals surface area (Å²) in [6.45, 7) is 0. The topological polar surface area (TPSA) is 60.7 Å². The highest BCUT2D eigenvalue weighted by Gasteiger charge is 2.04. The summed E-state index contributed by atoms with van der Waals surface area (Å²) < 4.78 is 1.77. The molecule has 0 amide bonds. The first-order valence-electron chi connectivity index (χ1n) is 4.06. The Morgan fingerprint density at radius 2 is 2.29 bits per heavy atom. The van der Waals surface area contributed by atoms with E-state index in [0.717, 1.165) is 11.8 Å². The monoisotopic (exact) mass is 188 g/mol. The first-order chi connectivity index (χ1) is 6.81. The van der Waals surface area contributed by atoms with E-state index < -0.39 is 0 Å². The maximum atomic E-state index is 10.5. The van der Waals surface area contributed by atoms with Crippen LogP contribution in [0.3, 0.4) is 0 Å². The molecule has 14 heavy (non-hydrogen) atoms. The molecule has 5 heteroatoms. The fourth-order valence-electron chi connectivity index (χ4n) is 1.19. The number of nitrogens with zero attached hydrogens (tertiary/aromatic N) is 4. The molecule has 0 saturated carbocycles. The fourth-order valence-corrected chi connectivity index (χ4v) is 1.19. The second-order valence-electron chi connectivity index (χ2n) is 2.89. The third-order valence-corrected chi connectivity index (χ3v) is 1.87. The maximum Gasteiger partial charge on any atom is 0.165 e. The minimum Gasteiger partial charge on any atom is -0.317 e. The zero-order valence-corrected chi connectivity index (χ0v) is 7.58. The number of rotatable bonds is 2. The van der Waals surface area contributed by atoms with E-state index in [0.29, 0.717) is 11.4 Å². The molecular formula is C9H8N4O. The largest absolute Gasteiger partial charge is 0.317 e. The molecule has 0 fully saturated rings. The molecular weight excluding hydrogens is 180 g/mol. The predicted molar refractivity (Wildman–Crippen MR) is 49.6 cm³/mol. The molecule has 0 spiro atoms. The first kappa shape index (κ1) is 8.55. The molecule has 2 aromatic rings. The van der Waals surface area contributed by atoms with Gasteiger partial charge in [-0.3, -0.25) is 9.78 Å². The van der Waals surface area contributed by atoms with Gasteiger partial charge < -0.3 is 4.57 Å². The smallest absolute Gasteiger partial charge is 0.165 e. The molecule has 0 saturated heterocycles. The van der Waals surface area contributed by atoms with Crippen molar-refractivity contribution in [2.24, 2.45) is 7.05 Å². The lowest BCUT2D eigenvalue weighted by Crippen LogP contribution is -1.93. The standard InChI is InChI=1S/C9H8N4O/c1-13-6-11-12-9(13)8-2-7(5-14)3-10-4-8/h2-6H,1H3. The van der Waals surface area contributed by atoms with Gasteiger partial charge in [0.05, 0.1) is 0 Å². The lowest BCUT2D eigenvalue weighted by atomic mass is 10.2. The van der Waals surface area contributed by atoms with E-state index in [1.807, 2.05) is 7.05 Å². The Kier molecular flexibility index (Phi) is 2.06. The zero-order valence-electron chi connectivity index (χ0n) is 7.58.